The van der Waals surface area contributed by atoms with Gasteiger partial charge in [0.15, 0.2) is 5.70 Å². The molecule has 1 unspecified atom stereocenters. The van der Waals surface area contributed by atoms with E-state index in [4.69, 9.17) is 16.2 Å². The molecule has 2 aromatic carbocycles. The van der Waals surface area contributed by atoms with Crippen molar-refractivity contribution >= 4 is 23.3 Å². The Bertz CT molecular complexity index is 1050. The summed E-state index contributed by atoms with van der Waals surface area (Å²) in [6.07, 6.45) is 2.20. The number of amides is 1. The van der Waals surface area contributed by atoms with Gasteiger partial charge in [0.25, 0.3) is 0 Å². The van der Waals surface area contributed by atoms with Gasteiger partial charge in [0.1, 0.15) is 11.4 Å². The van der Waals surface area contributed by atoms with Crippen LogP contribution in [0.25, 0.3) is 0 Å². The number of benzene rings is 2. The molecule has 7 heteroatoms. The van der Waals surface area contributed by atoms with Crippen molar-refractivity contribution in [3.8, 4) is 0 Å². The number of anilines is 2. The first kappa shape index (κ1) is 24.2. The number of aryl methyl sites for hydroxylation is 1. The second-order valence-electron chi connectivity index (χ2n) is 8.89. The van der Waals surface area contributed by atoms with E-state index in [-0.39, 0.29) is 23.8 Å². The van der Waals surface area contributed by atoms with Crippen LogP contribution in [0, 0.1) is 5.92 Å². The molecule has 0 fully saturated rings. The first-order chi connectivity index (χ1) is 15.7. The Hall–Kier alpha value is -3.48. The third-order valence-electron chi connectivity index (χ3n) is 6.26. The summed E-state index contributed by atoms with van der Waals surface area (Å²) in [4.78, 5) is 26.7. The molecule has 0 saturated carbocycles. The van der Waals surface area contributed by atoms with Gasteiger partial charge in [-0.25, -0.2) is 4.79 Å². The first-order valence-electron chi connectivity index (χ1n) is 11.3. The molecule has 1 aliphatic heterocycles. The van der Waals surface area contributed by atoms with E-state index in [9.17, 15) is 14.7 Å². The molecule has 2 aromatic rings. The van der Waals surface area contributed by atoms with E-state index in [0.717, 1.165) is 12.0 Å². The fraction of sp³-hybridized carbons (Fsp3) is 0.385. The quantitative estimate of drug-likeness (QED) is 0.386. The molecule has 0 aliphatic carbocycles. The lowest BCUT2D eigenvalue weighted by atomic mass is 9.79. The lowest BCUT2D eigenvalue weighted by Gasteiger charge is -2.42. The predicted octanol–water partition coefficient (Wildman–Crippen LogP) is 4.33. The molecule has 1 aliphatic rings. The molecule has 0 aromatic heterocycles. The summed E-state index contributed by atoms with van der Waals surface area (Å²) in [6.45, 7) is 6.43. The number of carbonyl (C=O) groups excluding carboxylic acids is 2. The monoisotopic (exact) mass is 451 g/mol. The van der Waals surface area contributed by atoms with Crippen LogP contribution in [0.15, 0.2) is 60.0 Å². The zero-order valence-corrected chi connectivity index (χ0v) is 19.5. The highest BCUT2D eigenvalue weighted by atomic mass is 16.6. The van der Waals surface area contributed by atoms with Gasteiger partial charge in [-0.1, -0.05) is 39.0 Å². The minimum absolute atomic E-state index is 0.00301. The van der Waals surface area contributed by atoms with Gasteiger partial charge in [-0.2, -0.15) is 0 Å². The zero-order valence-electron chi connectivity index (χ0n) is 19.5. The SMILES string of the molecule is CCCN(C1=C(O)CC(CCc2ccc(N)cc2)(C(C)C)OC1=O)c1cccc(C(N)=O)c1. The number of rotatable bonds is 9. The number of hydrogen-bond acceptors (Lipinski definition) is 6. The number of ether oxygens (including phenoxy) is 1. The van der Waals surface area contributed by atoms with Crippen molar-refractivity contribution in [2.75, 3.05) is 17.2 Å². The molecule has 0 saturated heterocycles. The summed E-state index contributed by atoms with van der Waals surface area (Å²) in [7, 11) is 0. The van der Waals surface area contributed by atoms with E-state index in [2.05, 4.69) is 0 Å². The van der Waals surface area contributed by atoms with Gasteiger partial charge in [-0.15, -0.1) is 0 Å². The summed E-state index contributed by atoms with van der Waals surface area (Å²) in [6, 6.07) is 14.3. The Kier molecular flexibility index (Phi) is 7.31. The molecule has 5 N–H and O–H groups in total. The number of primary amides is 1. The van der Waals surface area contributed by atoms with Crippen molar-refractivity contribution in [3.05, 3.63) is 71.1 Å². The molecule has 176 valence electrons. The summed E-state index contributed by atoms with van der Waals surface area (Å²) in [5.74, 6) is -1.13. The van der Waals surface area contributed by atoms with E-state index in [1.165, 1.54) is 0 Å². The highest BCUT2D eigenvalue weighted by Crippen LogP contribution is 2.40. The lowest BCUT2D eigenvalue weighted by Crippen LogP contribution is -2.48. The molecule has 1 atom stereocenters. The molecular formula is C26H33N3O4. The van der Waals surface area contributed by atoms with Crippen molar-refractivity contribution in [3.63, 3.8) is 0 Å². The van der Waals surface area contributed by atoms with Crippen LogP contribution in [-0.4, -0.2) is 29.1 Å². The van der Waals surface area contributed by atoms with Gasteiger partial charge in [-0.3, -0.25) is 4.79 Å². The first-order valence-corrected chi connectivity index (χ1v) is 11.3. The van der Waals surface area contributed by atoms with Crippen molar-refractivity contribution in [2.45, 2.75) is 52.1 Å². The third-order valence-corrected chi connectivity index (χ3v) is 6.26. The Labute approximate surface area is 195 Å². The highest BCUT2D eigenvalue weighted by Gasteiger charge is 2.45. The molecule has 7 nitrogen and oxygen atoms in total. The Balaban J connectivity index is 1.93. The van der Waals surface area contributed by atoms with E-state index < -0.39 is 17.5 Å². The largest absolute Gasteiger partial charge is 0.510 e. The average molecular weight is 452 g/mol. The summed E-state index contributed by atoms with van der Waals surface area (Å²) >= 11 is 0. The molecule has 0 spiro atoms. The second kappa shape index (κ2) is 9.98. The normalized spacial score (nSPS) is 18.4. The fourth-order valence-corrected chi connectivity index (χ4v) is 4.23. The topological polar surface area (TPSA) is 119 Å². The molecule has 0 bridgehead atoms. The smallest absolute Gasteiger partial charge is 0.359 e. The van der Waals surface area contributed by atoms with Crippen LogP contribution >= 0.6 is 0 Å². The Morgan fingerprint density at radius 2 is 1.91 bits per heavy atom. The highest BCUT2D eigenvalue weighted by molar-refractivity contribution is 5.96. The number of hydrogen-bond donors (Lipinski definition) is 3. The van der Waals surface area contributed by atoms with Crippen LogP contribution in [0.1, 0.15) is 56.0 Å². The van der Waals surface area contributed by atoms with E-state index in [1.54, 1.807) is 29.2 Å². The molecule has 1 amide bonds. The summed E-state index contributed by atoms with van der Waals surface area (Å²) in [5, 5.41) is 11.1. The lowest BCUT2D eigenvalue weighted by molar-refractivity contribution is -0.166. The number of aliphatic hydroxyl groups is 1. The Morgan fingerprint density at radius 3 is 2.48 bits per heavy atom. The maximum atomic E-state index is 13.3. The number of aliphatic hydroxyl groups excluding tert-OH is 1. The van der Waals surface area contributed by atoms with Crippen LogP contribution in [0.4, 0.5) is 11.4 Å². The van der Waals surface area contributed by atoms with Crippen LogP contribution < -0.4 is 16.4 Å². The van der Waals surface area contributed by atoms with Crippen LogP contribution in [0.3, 0.4) is 0 Å². The van der Waals surface area contributed by atoms with E-state index >= 15 is 0 Å². The van der Waals surface area contributed by atoms with Gasteiger partial charge in [0.05, 0.1) is 0 Å². The van der Waals surface area contributed by atoms with E-state index in [0.29, 0.717) is 36.3 Å². The van der Waals surface area contributed by atoms with Crippen molar-refractivity contribution < 1.29 is 19.4 Å². The van der Waals surface area contributed by atoms with Gasteiger partial charge < -0.3 is 26.2 Å². The number of nitrogens with zero attached hydrogens (tertiary/aromatic N) is 1. The van der Waals surface area contributed by atoms with Crippen molar-refractivity contribution in [2.24, 2.45) is 11.7 Å². The second-order valence-corrected chi connectivity index (χ2v) is 8.89. The van der Waals surface area contributed by atoms with Crippen LogP contribution in [0.5, 0.6) is 0 Å². The number of esters is 1. The standard InChI is InChI=1S/C26H33N3O4/c1-4-14-29(21-7-5-6-19(15-21)24(28)31)23-22(30)16-26(17(2)3,33-25(23)32)13-12-18-8-10-20(27)11-9-18/h5-11,15,17,30H,4,12-14,16,27H2,1-3H3,(H2,28,31). The number of cyclic esters (lactones) is 1. The maximum Gasteiger partial charge on any atom is 0.359 e. The molecular weight excluding hydrogens is 418 g/mol. The third kappa shape index (κ3) is 5.30. The fourth-order valence-electron chi connectivity index (χ4n) is 4.23. The number of nitrogen functional groups attached to an aromatic ring is 1. The van der Waals surface area contributed by atoms with Crippen LogP contribution in [-0.2, 0) is 16.0 Å². The number of nitrogens with two attached hydrogens (primary N) is 2. The maximum absolute atomic E-state index is 13.3. The molecule has 3 rings (SSSR count). The van der Waals surface area contributed by atoms with Gasteiger partial charge >= 0.3 is 5.97 Å². The van der Waals surface area contributed by atoms with Crippen molar-refractivity contribution in [1.82, 2.24) is 0 Å². The summed E-state index contributed by atoms with van der Waals surface area (Å²) in [5.41, 5.74) is 13.2. The predicted molar refractivity (Wildman–Crippen MR) is 130 cm³/mol. The minimum Gasteiger partial charge on any atom is -0.510 e. The van der Waals surface area contributed by atoms with E-state index in [1.807, 2.05) is 45.0 Å². The molecule has 1 heterocycles. The minimum atomic E-state index is -0.820. The van der Waals surface area contributed by atoms with Crippen molar-refractivity contribution in [1.29, 1.82) is 0 Å². The number of carbonyl (C=O) groups is 2. The van der Waals surface area contributed by atoms with Gasteiger partial charge in [0, 0.05) is 29.9 Å². The zero-order chi connectivity index (χ0) is 24.2. The average Bonchev–Trinajstić information content (AvgIpc) is 2.77. The van der Waals surface area contributed by atoms with Gasteiger partial charge in [-0.05, 0) is 61.1 Å². The molecule has 0 radical (unpaired) electrons. The van der Waals surface area contributed by atoms with Gasteiger partial charge in [0.2, 0.25) is 5.91 Å². The molecule has 33 heavy (non-hydrogen) atoms. The van der Waals surface area contributed by atoms with Crippen LogP contribution in [0.2, 0.25) is 0 Å². The Morgan fingerprint density at radius 1 is 1.21 bits per heavy atom. The summed E-state index contributed by atoms with van der Waals surface area (Å²) < 4.78 is 6.08.